The molecule has 2 aromatic rings. The molecule has 0 saturated carbocycles. The maximum atomic E-state index is 12.5. The molecular formula is C14H14N2OS. The molecule has 3 rings (SSSR count). The van der Waals surface area contributed by atoms with Crippen LogP contribution in [0.3, 0.4) is 0 Å². The van der Waals surface area contributed by atoms with Gasteiger partial charge in [-0.1, -0.05) is 18.2 Å². The normalized spacial score (nSPS) is 18.5. The molecule has 0 radical (unpaired) electrons. The van der Waals surface area contributed by atoms with E-state index in [1.807, 2.05) is 28.5 Å². The number of benzene rings is 1. The van der Waals surface area contributed by atoms with E-state index in [9.17, 15) is 4.79 Å². The Balaban J connectivity index is 2.03. The van der Waals surface area contributed by atoms with Crippen LogP contribution in [-0.2, 0) is 6.42 Å². The Morgan fingerprint density at radius 3 is 3.06 bits per heavy atom. The standard InChI is InChI=1S/C14H14N2OS/c1-10-6-7-11-4-2-3-5-13(11)16(10)14(17)12-8-18-9-15-12/h2-5,8-10H,6-7H2,1H3. The number of amides is 1. The van der Waals surface area contributed by atoms with Gasteiger partial charge in [-0.3, -0.25) is 4.79 Å². The van der Waals surface area contributed by atoms with Gasteiger partial charge in [0.05, 0.1) is 5.51 Å². The summed E-state index contributed by atoms with van der Waals surface area (Å²) >= 11 is 1.46. The number of anilines is 1. The molecule has 0 saturated heterocycles. The van der Waals surface area contributed by atoms with Crippen LogP contribution in [0.5, 0.6) is 0 Å². The van der Waals surface area contributed by atoms with Gasteiger partial charge in [-0.25, -0.2) is 4.98 Å². The maximum Gasteiger partial charge on any atom is 0.277 e. The van der Waals surface area contributed by atoms with E-state index in [2.05, 4.69) is 18.0 Å². The Bertz CT molecular complexity index is 565. The van der Waals surface area contributed by atoms with E-state index < -0.39 is 0 Å². The number of carbonyl (C=O) groups is 1. The highest BCUT2D eigenvalue weighted by molar-refractivity contribution is 7.07. The molecule has 18 heavy (non-hydrogen) atoms. The summed E-state index contributed by atoms with van der Waals surface area (Å²) in [5.74, 6) is 0.0101. The lowest BCUT2D eigenvalue weighted by atomic mass is 9.96. The van der Waals surface area contributed by atoms with Gasteiger partial charge in [0.25, 0.3) is 5.91 Å². The number of hydrogen-bond acceptors (Lipinski definition) is 3. The van der Waals surface area contributed by atoms with Crippen LogP contribution in [0.4, 0.5) is 5.69 Å². The molecule has 1 aromatic carbocycles. The molecule has 4 heteroatoms. The largest absolute Gasteiger partial charge is 0.304 e. The summed E-state index contributed by atoms with van der Waals surface area (Å²) in [6.07, 6.45) is 2.05. The lowest BCUT2D eigenvalue weighted by Crippen LogP contribution is -2.42. The Labute approximate surface area is 110 Å². The minimum absolute atomic E-state index is 0.0101. The fraction of sp³-hybridized carbons (Fsp3) is 0.286. The van der Waals surface area contributed by atoms with Crippen molar-refractivity contribution < 1.29 is 4.79 Å². The van der Waals surface area contributed by atoms with E-state index in [0.29, 0.717) is 5.69 Å². The molecule has 0 N–H and O–H groups in total. The Morgan fingerprint density at radius 2 is 2.28 bits per heavy atom. The van der Waals surface area contributed by atoms with Crippen LogP contribution in [0.2, 0.25) is 0 Å². The molecule has 0 bridgehead atoms. The highest BCUT2D eigenvalue weighted by atomic mass is 32.1. The number of nitrogens with zero attached hydrogens (tertiary/aromatic N) is 2. The summed E-state index contributed by atoms with van der Waals surface area (Å²) in [5, 5.41) is 1.81. The monoisotopic (exact) mass is 258 g/mol. The Kier molecular flexibility index (Phi) is 2.88. The van der Waals surface area contributed by atoms with Gasteiger partial charge in [0.1, 0.15) is 5.69 Å². The Morgan fingerprint density at radius 1 is 1.44 bits per heavy atom. The summed E-state index contributed by atoms with van der Waals surface area (Å²) in [6, 6.07) is 8.37. The van der Waals surface area contributed by atoms with Gasteiger partial charge in [0.2, 0.25) is 0 Å². The van der Waals surface area contributed by atoms with Crippen molar-refractivity contribution in [3.8, 4) is 0 Å². The zero-order valence-electron chi connectivity index (χ0n) is 10.2. The number of carbonyl (C=O) groups excluding carboxylic acids is 1. The van der Waals surface area contributed by atoms with Crippen molar-refractivity contribution in [2.45, 2.75) is 25.8 Å². The average molecular weight is 258 g/mol. The topological polar surface area (TPSA) is 33.2 Å². The number of aryl methyl sites for hydroxylation is 1. The third kappa shape index (κ3) is 1.82. The minimum atomic E-state index is 0.0101. The lowest BCUT2D eigenvalue weighted by Gasteiger charge is -2.34. The molecule has 1 aliphatic rings. The third-order valence-corrected chi connectivity index (χ3v) is 3.98. The van der Waals surface area contributed by atoms with Crippen LogP contribution in [0.25, 0.3) is 0 Å². The van der Waals surface area contributed by atoms with Crippen molar-refractivity contribution >= 4 is 22.9 Å². The summed E-state index contributed by atoms with van der Waals surface area (Å²) < 4.78 is 0. The highest BCUT2D eigenvalue weighted by Crippen LogP contribution is 2.31. The molecule has 1 aromatic heterocycles. The van der Waals surface area contributed by atoms with Gasteiger partial charge in [-0.05, 0) is 31.4 Å². The summed E-state index contributed by atoms with van der Waals surface area (Å²) in [6.45, 7) is 2.10. The minimum Gasteiger partial charge on any atom is -0.304 e. The van der Waals surface area contributed by atoms with Crippen molar-refractivity contribution in [1.29, 1.82) is 0 Å². The van der Waals surface area contributed by atoms with Crippen LogP contribution in [0.15, 0.2) is 35.2 Å². The van der Waals surface area contributed by atoms with E-state index in [4.69, 9.17) is 0 Å². The first-order valence-electron chi connectivity index (χ1n) is 6.07. The molecule has 1 amide bonds. The molecule has 0 spiro atoms. The third-order valence-electron chi connectivity index (χ3n) is 3.39. The fourth-order valence-electron chi connectivity index (χ4n) is 2.44. The molecule has 3 nitrogen and oxygen atoms in total. The van der Waals surface area contributed by atoms with Gasteiger partial charge in [0, 0.05) is 17.1 Å². The molecule has 92 valence electrons. The molecule has 1 unspecified atom stereocenters. The smallest absolute Gasteiger partial charge is 0.277 e. The molecule has 0 fully saturated rings. The van der Waals surface area contributed by atoms with Crippen molar-refractivity contribution in [3.05, 3.63) is 46.4 Å². The number of rotatable bonds is 1. The molecule has 0 aliphatic carbocycles. The van der Waals surface area contributed by atoms with Gasteiger partial charge < -0.3 is 4.90 Å². The quantitative estimate of drug-likeness (QED) is 0.787. The summed E-state index contributed by atoms with van der Waals surface area (Å²) in [7, 11) is 0. The second kappa shape index (κ2) is 4.53. The zero-order valence-corrected chi connectivity index (χ0v) is 11.0. The SMILES string of the molecule is CC1CCc2ccccc2N1C(=O)c1cscn1. The second-order valence-corrected chi connectivity index (χ2v) is 5.28. The molecule has 1 aliphatic heterocycles. The first-order valence-corrected chi connectivity index (χ1v) is 7.01. The Hall–Kier alpha value is -1.68. The lowest BCUT2D eigenvalue weighted by molar-refractivity contribution is 0.0971. The van der Waals surface area contributed by atoms with Crippen molar-refractivity contribution in [2.75, 3.05) is 4.90 Å². The second-order valence-electron chi connectivity index (χ2n) is 4.57. The summed E-state index contributed by atoms with van der Waals surface area (Å²) in [4.78, 5) is 18.5. The highest BCUT2D eigenvalue weighted by Gasteiger charge is 2.29. The average Bonchev–Trinajstić information content (AvgIpc) is 2.92. The number of fused-ring (bicyclic) bond motifs is 1. The van der Waals surface area contributed by atoms with Gasteiger partial charge in [0.15, 0.2) is 0 Å². The van der Waals surface area contributed by atoms with E-state index >= 15 is 0 Å². The molecular weight excluding hydrogens is 244 g/mol. The van der Waals surface area contributed by atoms with Crippen molar-refractivity contribution in [1.82, 2.24) is 4.98 Å². The van der Waals surface area contributed by atoms with E-state index in [0.717, 1.165) is 18.5 Å². The van der Waals surface area contributed by atoms with Gasteiger partial charge >= 0.3 is 0 Å². The van der Waals surface area contributed by atoms with E-state index in [-0.39, 0.29) is 11.9 Å². The van der Waals surface area contributed by atoms with Crippen LogP contribution in [0, 0.1) is 0 Å². The van der Waals surface area contributed by atoms with Crippen LogP contribution >= 0.6 is 11.3 Å². The predicted octanol–water partition coefficient (Wildman–Crippen LogP) is 3.12. The number of hydrogen-bond donors (Lipinski definition) is 0. The number of thiazole rings is 1. The summed E-state index contributed by atoms with van der Waals surface area (Å²) in [5.41, 5.74) is 4.53. The number of aromatic nitrogens is 1. The molecule has 2 heterocycles. The van der Waals surface area contributed by atoms with Crippen LogP contribution < -0.4 is 4.90 Å². The van der Waals surface area contributed by atoms with Crippen LogP contribution in [-0.4, -0.2) is 16.9 Å². The van der Waals surface area contributed by atoms with Crippen LogP contribution in [0.1, 0.15) is 29.4 Å². The van der Waals surface area contributed by atoms with Gasteiger partial charge in [-0.2, -0.15) is 0 Å². The fourth-order valence-corrected chi connectivity index (χ4v) is 2.97. The van der Waals surface area contributed by atoms with E-state index in [1.165, 1.54) is 16.9 Å². The van der Waals surface area contributed by atoms with Crippen molar-refractivity contribution in [3.63, 3.8) is 0 Å². The predicted molar refractivity (Wildman–Crippen MR) is 73.1 cm³/mol. The molecule has 1 atom stereocenters. The van der Waals surface area contributed by atoms with Gasteiger partial charge in [-0.15, -0.1) is 11.3 Å². The first-order chi connectivity index (χ1) is 8.77. The first kappa shape index (κ1) is 11.4. The zero-order chi connectivity index (χ0) is 12.5. The van der Waals surface area contributed by atoms with E-state index in [1.54, 1.807) is 5.51 Å². The number of para-hydroxylation sites is 1. The maximum absolute atomic E-state index is 12.5. The van der Waals surface area contributed by atoms with Crippen molar-refractivity contribution in [2.24, 2.45) is 0 Å².